The highest BCUT2D eigenvalue weighted by atomic mass is 19.1. The summed E-state index contributed by atoms with van der Waals surface area (Å²) >= 11 is 0. The number of aromatic nitrogens is 8. The van der Waals surface area contributed by atoms with Crippen molar-refractivity contribution in [3.8, 4) is 33.8 Å². The predicted octanol–water partition coefficient (Wildman–Crippen LogP) is 3.75. The molecule has 9 nitrogen and oxygen atoms in total. The summed E-state index contributed by atoms with van der Waals surface area (Å²) in [6, 6.07) is 3.70. The lowest BCUT2D eigenvalue weighted by molar-refractivity contribution is 0.568. The molecule has 30 heavy (non-hydrogen) atoms. The molecule has 6 rings (SSSR count). The Hall–Kier alpha value is -4.47. The summed E-state index contributed by atoms with van der Waals surface area (Å²) in [7, 11) is 0. The van der Waals surface area contributed by atoms with Crippen LogP contribution in [0.3, 0.4) is 0 Å². The fourth-order valence-electron chi connectivity index (χ4n) is 3.45. The van der Waals surface area contributed by atoms with Gasteiger partial charge < -0.3 is 9.40 Å². The molecular weight excluding hydrogens is 387 g/mol. The molecule has 6 aromatic rings. The van der Waals surface area contributed by atoms with Crippen molar-refractivity contribution in [2.75, 3.05) is 0 Å². The second-order valence-electron chi connectivity index (χ2n) is 6.56. The lowest BCUT2D eigenvalue weighted by Gasteiger charge is -2.03. The van der Waals surface area contributed by atoms with E-state index in [4.69, 9.17) is 4.42 Å². The number of imidazole rings is 1. The molecule has 2 N–H and O–H groups in total. The summed E-state index contributed by atoms with van der Waals surface area (Å²) in [6.07, 6.45) is 10.8. The number of H-pyrrole nitrogens is 2. The van der Waals surface area contributed by atoms with Crippen LogP contribution in [0.2, 0.25) is 0 Å². The van der Waals surface area contributed by atoms with Crippen molar-refractivity contribution in [2.45, 2.75) is 0 Å². The lowest BCUT2D eigenvalue weighted by Crippen LogP contribution is -1.91. The van der Waals surface area contributed by atoms with Crippen molar-refractivity contribution in [3.05, 3.63) is 61.6 Å². The Balaban J connectivity index is 1.57. The first kappa shape index (κ1) is 16.5. The zero-order valence-corrected chi connectivity index (χ0v) is 15.2. The van der Waals surface area contributed by atoms with E-state index < -0.39 is 5.82 Å². The second kappa shape index (κ2) is 6.27. The zero-order valence-electron chi connectivity index (χ0n) is 15.2. The van der Waals surface area contributed by atoms with E-state index in [0.717, 1.165) is 11.1 Å². The largest absolute Gasteiger partial charge is 0.472 e. The first-order chi connectivity index (χ1) is 14.8. The van der Waals surface area contributed by atoms with Gasteiger partial charge in [-0.1, -0.05) is 0 Å². The molecule has 0 aliphatic heterocycles. The third kappa shape index (κ3) is 2.40. The maximum Gasteiger partial charge on any atom is 0.184 e. The monoisotopic (exact) mass is 398 g/mol. The minimum atomic E-state index is -0.484. The molecule has 0 fully saturated rings. The van der Waals surface area contributed by atoms with Gasteiger partial charge in [0.15, 0.2) is 17.1 Å². The Labute approximate surface area is 167 Å². The van der Waals surface area contributed by atoms with Crippen molar-refractivity contribution in [1.82, 2.24) is 40.1 Å². The standard InChI is InChI=1S/C20H11FN8O/c21-15-13(11-5-22-9-23-6-11)7-25-18-14(15)17(28-29-18)20-26-16-12(10-2-4-30-8-10)1-3-24-19(16)27-20/h1-9H,(H,24,26,27)(H,25,28,29). The normalized spacial score (nSPS) is 11.5. The molecule has 0 saturated heterocycles. The fourth-order valence-corrected chi connectivity index (χ4v) is 3.45. The highest BCUT2D eigenvalue weighted by Crippen LogP contribution is 2.33. The Bertz CT molecular complexity index is 1500. The van der Waals surface area contributed by atoms with Gasteiger partial charge in [0.1, 0.15) is 17.8 Å². The molecule has 0 aliphatic carbocycles. The minimum absolute atomic E-state index is 0.222. The van der Waals surface area contributed by atoms with Crippen molar-refractivity contribution in [1.29, 1.82) is 0 Å². The average Bonchev–Trinajstić information content (AvgIpc) is 3.53. The molecule has 144 valence electrons. The zero-order chi connectivity index (χ0) is 20.1. The van der Waals surface area contributed by atoms with Crippen LogP contribution in [0.4, 0.5) is 4.39 Å². The van der Waals surface area contributed by atoms with Crippen LogP contribution in [-0.2, 0) is 0 Å². The van der Waals surface area contributed by atoms with Gasteiger partial charge in [0, 0.05) is 47.0 Å². The lowest BCUT2D eigenvalue weighted by atomic mass is 10.1. The third-order valence-electron chi connectivity index (χ3n) is 4.85. The molecular formula is C20H11FN8O. The third-order valence-corrected chi connectivity index (χ3v) is 4.85. The van der Waals surface area contributed by atoms with E-state index in [1.165, 1.54) is 24.9 Å². The van der Waals surface area contributed by atoms with Crippen molar-refractivity contribution < 1.29 is 8.81 Å². The smallest absolute Gasteiger partial charge is 0.184 e. The van der Waals surface area contributed by atoms with Gasteiger partial charge in [0.05, 0.1) is 23.4 Å². The van der Waals surface area contributed by atoms with E-state index in [1.54, 1.807) is 18.7 Å². The van der Waals surface area contributed by atoms with Crippen LogP contribution in [0.5, 0.6) is 0 Å². The molecule has 0 aromatic carbocycles. The van der Waals surface area contributed by atoms with Crippen LogP contribution < -0.4 is 0 Å². The molecule has 10 heteroatoms. The molecule has 0 amide bonds. The van der Waals surface area contributed by atoms with Crippen molar-refractivity contribution >= 4 is 22.2 Å². The highest BCUT2D eigenvalue weighted by Gasteiger charge is 2.21. The van der Waals surface area contributed by atoms with Gasteiger partial charge in [-0.25, -0.2) is 29.3 Å². The van der Waals surface area contributed by atoms with Gasteiger partial charge in [-0.3, -0.25) is 5.10 Å². The van der Waals surface area contributed by atoms with Crippen LogP contribution in [0, 0.1) is 5.82 Å². The molecule has 0 radical (unpaired) electrons. The van der Waals surface area contributed by atoms with E-state index >= 15 is 4.39 Å². The molecule has 0 spiro atoms. The predicted molar refractivity (Wildman–Crippen MR) is 105 cm³/mol. The number of hydrogen-bond acceptors (Lipinski definition) is 7. The molecule has 6 heterocycles. The number of fused-ring (bicyclic) bond motifs is 2. The highest BCUT2D eigenvalue weighted by molar-refractivity contribution is 5.96. The number of rotatable bonds is 3. The molecule has 6 aromatic heterocycles. The van der Waals surface area contributed by atoms with Crippen molar-refractivity contribution in [3.63, 3.8) is 0 Å². The van der Waals surface area contributed by atoms with Crippen LogP contribution in [-0.4, -0.2) is 40.1 Å². The van der Waals surface area contributed by atoms with Crippen LogP contribution in [0.1, 0.15) is 0 Å². The summed E-state index contributed by atoms with van der Waals surface area (Å²) < 4.78 is 20.7. The van der Waals surface area contributed by atoms with E-state index in [-0.39, 0.29) is 16.6 Å². The van der Waals surface area contributed by atoms with Gasteiger partial charge in [-0.05, 0) is 12.1 Å². The quantitative estimate of drug-likeness (QED) is 0.465. The number of nitrogens with one attached hydrogen (secondary N) is 2. The van der Waals surface area contributed by atoms with Crippen LogP contribution in [0.15, 0.2) is 60.2 Å². The Morgan fingerprint density at radius 3 is 2.67 bits per heavy atom. The van der Waals surface area contributed by atoms with Gasteiger partial charge in [-0.2, -0.15) is 5.10 Å². The number of pyridine rings is 2. The van der Waals surface area contributed by atoms with E-state index in [2.05, 4.69) is 40.1 Å². The van der Waals surface area contributed by atoms with Crippen LogP contribution in [0.25, 0.3) is 56.0 Å². The van der Waals surface area contributed by atoms with E-state index in [0.29, 0.717) is 28.2 Å². The molecule has 0 saturated carbocycles. The first-order valence-corrected chi connectivity index (χ1v) is 8.95. The second-order valence-corrected chi connectivity index (χ2v) is 6.56. The van der Waals surface area contributed by atoms with Gasteiger partial charge in [0.2, 0.25) is 0 Å². The van der Waals surface area contributed by atoms with Gasteiger partial charge >= 0.3 is 0 Å². The number of furan rings is 1. The number of hydrogen-bond donors (Lipinski definition) is 2. The molecule has 0 unspecified atom stereocenters. The van der Waals surface area contributed by atoms with E-state index in [1.807, 2.05) is 12.1 Å². The number of nitrogens with zero attached hydrogens (tertiary/aromatic N) is 6. The number of aromatic amines is 2. The van der Waals surface area contributed by atoms with Crippen molar-refractivity contribution in [2.24, 2.45) is 0 Å². The Morgan fingerprint density at radius 2 is 1.83 bits per heavy atom. The topological polar surface area (TPSA) is 122 Å². The maximum absolute atomic E-state index is 15.5. The number of halogens is 1. The maximum atomic E-state index is 15.5. The summed E-state index contributed by atoms with van der Waals surface area (Å²) in [4.78, 5) is 24.2. The minimum Gasteiger partial charge on any atom is -0.472 e. The molecule has 0 bridgehead atoms. The SMILES string of the molecule is Fc1c(-c2cncnc2)cnc2n[nH]c(-c3nc4nccc(-c5ccoc5)c4[nH]3)c12. The van der Waals surface area contributed by atoms with Gasteiger partial charge in [0.25, 0.3) is 0 Å². The fraction of sp³-hybridized carbons (Fsp3) is 0. The van der Waals surface area contributed by atoms with Crippen LogP contribution >= 0.6 is 0 Å². The summed E-state index contributed by atoms with van der Waals surface area (Å²) in [6.45, 7) is 0. The Kier molecular flexibility index (Phi) is 3.45. The Morgan fingerprint density at radius 1 is 0.933 bits per heavy atom. The first-order valence-electron chi connectivity index (χ1n) is 8.95. The summed E-state index contributed by atoms with van der Waals surface area (Å²) in [5.74, 6) is -0.0832. The molecule has 0 atom stereocenters. The summed E-state index contributed by atoms with van der Waals surface area (Å²) in [5, 5.41) is 7.19. The van der Waals surface area contributed by atoms with E-state index in [9.17, 15) is 0 Å². The van der Waals surface area contributed by atoms with Gasteiger partial charge in [-0.15, -0.1) is 0 Å². The summed E-state index contributed by atoms with van der Waals surface area (Å²) in [5.41, 5.74) is 4.37. The molecule has 0 aliphatic rings. The average molecular weight is 398 g/mol.